The molecule has 2 N–H and O–H groups in total. The molecule has 0 atom stereocenters. The summed E-state index contributed by atoms with van der Waals surface area (Å²) in [5, 5.41) is 9.08. The SMILES string of the molecule is O=C(O)c1ccc(C(=O)OC2(C3CCCCC3)CCCCC2)c(S(=O)(=O)O)c1.[KH]. The van der Waals surface area contributed by atoms with Crippen molar-refractivity contribution in [1.82, 2.24) is 0 Å². The monoisotopic (exact) mass is 450 g/mol. The number of carboxylic acid groups (broad SMARTS) is 1. The molecular weight excluding hydrogens is 423 g/mol. The molecule has 156 valence electrons. The summed E-state index contributed by atoms with van der Waals surface area (Å²) in [4.78, 5) is 23.4. The number of hydrogen-bond donors (Lipinski definition) is 2. The van der Waals surface area contributed by atoms with E-state index in [9.17, 15) is 22.6 Å². The Kier molecular flexibility index (Phi) is 8.91. The Bertz CT molecular complexity index is 854. The fraction of sp³-hybridized carbons (Fsp3) is 0.600. The van der Waals surface area contributed by atoms with Gasteiger partial charge in [-0.3, -0.25) is 4.55 Å². The Balaban J connectivity index is 0.00000300. The molecule has 0 bridgehead atoms. The van der Waals surface area contributed by atoms with E-state index in [1.165, 1.54) is 6.42 Å². The predicted octanol–water partition coefficient (Wildman–Crippen LogP) is 3.42. The zero-order valence-electron chi connectivity index (χ0n) is 15.7. The topological polar surface area (TPSA) is 118 Å². The van der Waals surface area contributed by atoms with Crippen LogP contribution in [0.5, 0.6) is 0 Å². The molecule has 0 amide bonds. The number of aromatic carboxylic acids is 1. The van der Waals surface area contributed by atoms with Crippen molar-refractivity contribution in [2.75, 3.05) is 0 Å². The van der Waals surface area contributed by atoms with Crippen LogP contribution < -0.4 is 0 Å². The molecule has 3 rings (SSSR count). The summed E-state index contributed by atoms with van der Waals surface area (Å²) >= 11 is 0. The van der Waals surface area contributed by atoms with Crippen LogP contribution in [-0.4, -0.2) is 87.0 Å². The van der Waals surface area contributed by atoms with Gasteiger partial charge in [0.1, 0.15) is 10.5 Å². The molecule has 29 heavy (non-hydrogen) atoms. The summed E-state index contributed by atoms with van der Waals surface area (Å²) in [5.41, 5.74) is -1.27. The van der Waals surface area contributed by atoms with E-state index in [1.807, 2.05) is 0 Å². The van der Waals surface area contributed by atoms with Crippen molar-refractivity contribution >= 4 is 73.4 Å². The number of benzene rings is 1. The molecule has 0 aliphatic heterocycles. The van der Waals surface area contributed by atoms with Gasteiger partial charge in [0, 0.05) is 0 Å². The summed E-state index contributed by atoms with van der Waals surface area (Å²) in [6, 6.07) is 3.04. The first-order valence-electron chi connectivity index (χ1n) is 9.81. The molecule has 2 aliphatic rings. The summed E-state index contributed by atoms with van der Waals surface area (Å²) in [5.74, 6) is -1.93. The Morgan fingerprint density at radius 1 is 1.00 bits per heavy atom. The Labute approximate surface area is 213 Å². The van der Waals surface area contributed by atoms with E-state index in [-0.39, 0.29) is 68.4 Å². The minimum absolute atomic E-state index is 0. The van der Waals surface area contributed by atoms with Gasteiger partial charge in [0.15, 0.2) is 0 Å². The van der Waals surface area contributed by atoms with Crippen LogP contribution >= 0.6 is 0 Å². The molecule has 7 nitrogen and oxygen atoms in total. The zero-order valence-corrected chi connectivity index (χ0v) is 16.5. The van der Waals surface area contributed by atoms with Crippen LogP contribution in [0.3, 0.4) is 0 Å². The van der Waals surface area contributed by atoms with Gasteiger partial charge in [0.05, 0.1) is 11.1 Å². The van der Waals surface area contributed by atoms with Crippen molar-refractivity contribution in [3.05, 3.63) is 29.3 Å². The molecular formula is C20H27KO7S. The van der Waals surface area contributed by atoms with Gasteiger partial charge in [-0.1, -0.05) is 25.7 Å². The molecule has 2 fully saturated rings. The number of ether oxygens (including phenoxy) is 1. The number of hydrogen-bond acceptors (Lipinski definition) is 5. The van der Waals surface area contributed by atoms with Crippen LogP contribution in [0.15, 0.2) is 23.1 Å². The van der Waals surface area contributed by atoms with Gasteiger partial charge in [-0.15, -0.1) is 0 Å². The fourth-order valence-electron chi connectivity index (χ4n) is 4.65. The van der Waals surface area contributed by atoms with Gasteiger partial charge in [0.25, 0.3) is 10.1 Å². The minimum atomic E-state index is -4.78. The first-order chi connectivity index (χ1) is 13.2. The van der Waals surface area contributed by atoms with Crippen molar-refractivity contribution in [3.63, 3.8) is 0 Å². The van der Waals surface area contributed by atoms with Crippen LogP contribution in [0.25, 0.3) is 0 Å². The molecule has 0 heterocycles. The molecule has 0 aromatic heterocycles. The second-order valence-electron chi connectivity index (χ2n) is 7.84. The van der Waals surface area contributed by atoms with Crippen LogP contribution in [0, 0.1) is 5.92 Å². The average molecular weight is 451 g/mol. The Morgan fingerprint density at radius 2 is 1.59 bits per heavy atom. The van der Waals surface area contributed by atoms with Crippen LogP contribution in [0.2, 0.25) is 0 Å². The van der Waals surface area contributed by atoms with E-state index in [2.05, 4.69) is 0 Å². The third-order valence-corrected chi connectivity index (χ3v) is 6.97. The van der Waals surface area contributed by atoms with E-state index < -0.39 is 32.6 Å². The van der Waals surface area contributed by atoms with Gasteiger partial charge >= 0.3 is 63.3 Å². The van der Waals surface area contributed by atoms with E-state index >= 15 is 0 Å². The van der Waals surface area contributed by atoms with Gasteiger partial charge in [-0.05, 0) is 62.6 Å². The predicted molar refractivity (Wildman–Crippen MR) is 108 cm³/mol. The van der Waals surface area contributed by atoms with Crippen LogP contribution in [0.4, 0.5) is 0 Å². The molecule has 0 saturated heterocycles. The van der Waals surface area contributed by atoms with Crippen molar-refractivity contribution in [2.24, 2.45) is 5.92 Å². The molecule has 2 aliphatic carbocycles. The molecule has 2 saturated carbocycles. The third kappa shape index (κ3) is 5.90. The van der Waals surface area contributed by atoms with Gasteiger partial charge in [-0.25, -0.2) is 9.59 Å². The second-order valence-corrected chi connectivity index (χ2v) is 9.23. The normalized spacial score (nSPS) is 19.8. The molecule has 1 aromatic rings. The van der Waals surface area contributed by atoms with Crippen LogP contribution in [0.1, 0.15) is 84.9 Å². The number of rotatable bonds is 5. The van der Waals surface area contributed by atoms with E-state index in [0.717, 1.165) is 76.0 Å². The van der Waals surface area contributed by atoms with Gasteiger partial charge in [0.2, 0.25) is 0 Å². The van der Waals surface area contributed by atoms with E-state index in [0.29, 0.717) is 0 Å². The second kappa shape index (κ2) is 10.3. The van der Waals surface area contributed by atoms with Crippen molar-refractivity contribution < 1.29 is 32.4 Å². The maximum absolute atomic E-state index is 13.0. The van der Waals surface area contributed by atoms with E-state index in [1.54, 1.807) is 0 Å². The Morgan fingerprint density at radius 3 is 2.14 bits per heavy atom. The molecule has 9 heteroatoms. The average Bonchev–Trinajstić information content (AvgIpc) is 2.68. The first kappa shape index (κ1) is 25.0. The number of carbonyl (C=O) groups excluding carboxylic acids is 1. The number of carboxylic acids is 1. The molecule has 0 unspecified atom stereocenters. The molecule has 1 aromatic carbocycles. The Hall–Kier alpha value is -0.294. The standard InChI is InChI=1S/C20H26O7S.K.H/c21-18(22)14-9-10-16(17(13-14)28(24,25)26)19(23)27-20(11-5-2-6-12-20)15-7-3-1-4-8-15;;/h9-10,13,15H,1-8,11-12H2,(H,21,22)(H,24,25,26);;. The maximum atomic E-state index is 13.0. The van der Waals surface area contributed by atoms with Crippen LogP contribution in [-0.2, 0) is 14.9 Å². The first-order valence-corrected chi connectivity index (χ1v) is 11.3. The molecule has 0 radical (unpaired) electrons. The molecule has 0 spiro atoms. The van der Waals surface area contributed by atoms with E-state index in [4.69, 9.17) is 9.84 Å². The third-order valence-electron chi connectivity index (χ3n) is 6.07. The summed E-state index contributed by atoms with van der Waals surface area (Å²) < 4.78 is 39.0. The fourth-order valence-corrected chi connectivity index (χ4v) is 5.35. The summed E-state index contributed by atoms with van der Waals surface area (Å²) in [6.45, 7) is 0. The van der Waals surface area contributed by atoms with Crippen molar-refractivity contribution in [1.29, 1.82) is 0 Å². The summed E-state index contributed by atoms with van der Waals surface area (Å²) in [7, 11) is -4.78. The van der Waals surface area contributed by atoms with Gasteiger partial charge < -0.3 is 9.84 Å². The van der Waals surface area contributed by atoms with Gasteiger partial charge in [-0.2, -0.15) is 8.42 Å². The quantitative estimate of drug-likeness (QED) is 0.401. The summed E-state index contributed by atoms with van der Waals surface area (Å²) in [6.07, 6.45) is 9.79. The number of carbonyl (C=O) groups is 2. The van der Waals surface area contributed by atoms with Crippen molar-refractivity contribution in [2.45, 2.75) is 74.7 Å². The number of esters is 1. The van der Waals surface area contributed by atoms with Crippen molar-refractivity contribution in [3.8, 4) is 0 Å². The zero-order chi connectivity index (χ0) is 20.4.